The molecule has 3 aromatic rings. The first-order valence-electron chi connectivity index (χ1n) is 5.38. The first-order valence-corrected chi connectivity index (χ1v) is 5.38. The van der Waals surface area contributed by atoms with Gasteiger partial charge in [0, 0.05) is 10.9 Å². The average molecular weight is 211 g/mol. The van der Waals surface area contributed by atoms with Crippen LogP contribution in [0.25, 0.3) is 22.4 Å². The van der Waals surface area contributed by atoms with Crippen LogP contribution in [0.5, 0.6) is 0 Å². The highest BCUT2D eigenvalue weighted by Gasteiger charge is 2.07. The predicted octanol–water partition coefficient (Wildman–Crippen LogP) is 4.04. The Bertz CT molecular complexity index is 632. The van der Waals surface area contributed by atoms with Crippen LogP contribution in [0.4, 0.5) is 0 Å². The van der Waals surface area contributed by atoms with Crippen molar-refractivity contribution in [2.45, 2.75) is 13.8 Å². The fourth-order valence-electron chi connectivity index (χ4n) is 2.01. The molecule has 2 heterocycles. The smallest absolute Gasteiger partial charge is 0.150 e. The van der Waals surface area contributed by atoms with Crippen LogP contribution in [0, 0.1) is 13.8 Å². The number of fused-ring (bicyclic) bond motifs is 1. The van der Waals surface area contributed by atoms with Crippen LogP contribution in [0.1, 0.15) is 11.1 Å². The summed E-state index contributed by atoms with van der Waals surface area (Å²) in [4.78, 5) is 3.41. The van der Waals surface area contributed by atoms with Gasteiger partial charge in [-0.25, -0.2) is 0 Å². The monoisotopic (exact) mass is 211 g/mol. The Kier molecular flexibility index (Phi) is 1.90. The van der Waals surface area contributed by atoms with Crippen molar-refractivity contribution in [3.8, 4) is 11.5 Å². The Morgan fingerprint density at radius 3 is 2.75 bits per heavy atom. The van der Waals surface area contributed by atoms with Crippen molar-refractivity contribution in [2.75, 3.05) is 0 Å². The largest absolute Gasteiger partial charge is 0.463 e. The molecule has 2 aromatic heterocycles. The standard InChI is InChI=1S/C14H13NO/c1-9-5-6-11-8-12(13-4-3-7-16-13)15-14(11)10(9)2/h3-8,15H,1-2H3. The third-order valence-electron chi connectivity index (χ3n) is 3.11. The summed E-state index contributed by atoms with van der Waals surface area (Å²) in [5, 5.41) is 1.23. The number of hydrogen-bond acceptors (Lipinski definition) is 1. The van der Waals surface area contributed by atoms with Crippen molar-refractivity contribution in [3.63, 3.8) is 0 Å². The lowest BCUT2D eigenvalue weighted by Crippen LogP contribution is -1.81. The highest BCUT2D eigenvalue weighted by Crippen LogP contribution is 2.27. The molecule has 0 radical (unpaired) electrons. The zero-order chi connectivity index (χ0) is 11.1. The van der Waals surface area contributed by atoms with E-state index >= 15 is 0 Å². The molecule has 2 nitrogen and oxygen atoms in total. The highest BCUT2D eigenvalue weighted by atomic mass is 16.3. The van der Waals surface area contributed by atoms with Crippen molar-refractivity contribution in [3.05, 3.63) is 47.7 Å². The average Bonchev–Trinajstić information content (AvgIpc) is 2.91. The summed E-state index contributed by atoms with van der Waals surface area (Å²) >= 11 is 0. The van der Waals surface area contributed by atoms with Crippen molar-refractivity contribution in [2.24, 2.45) is 0 Å². The molecule has 3 rings (SSSR count). The van der Waals surface area contributed by atoms with Crippen molar-refractivity contribution in [1.82, 2.24) is 4.98 Å². The van der Waals surface area contributed by atoms with E-state index in [0.717, 1.165) is 11.5 Å². The Hall–Kier alpha value is -1.96. The third kappa shape index (κ3) is 1.27. The van der Waals surface area contributed by atoms with Gasteiger partial charge in [-0.3, -0.25) is 0 Å². The van der Waals surface area contributed by atoms with Crippen LogP contribution < -0.4 is 0 Å². The molecule has 0 aliphatic carbocycles. The van der Waals surface area contributed by atoms with E-state index in [9.17, 15) is 0 Å². The molecule has 0 aliphatic rings. The Balaban J connectivity index is 2.28. The maximum Gasteiger partial charge on any atom is 0.150 e. The first kappa shape index (κ1) is 9.28. The Morgan fingerprint density at radius 2 is 2.00 bits per heavy atom. The number of benzene rings is 1. The molecule has 0 saturated carbocycles. The number of furan rings is 1. The van der Waals surface area contributed by atoms with Gasteiger partial charge in [0.15, 0.2) is 0 Å². The molecule has 16 heavy (non-hydrogen) atoms. The van der Waals surface area contributed by atoms with Gasteiger partial charge >= 0.3 is 0 Å². The minimum absolute atomic E-state index is 0.883. The summed E-state index contributed by atoms with van der Waals surface area (Å²) in [6, 6.07) is 10.3. The molecule has 1 aromatic carbocycles. The number of nitrogens with one attached hydrogen (secondary N) is 1. The molecule has 0 bridgehead atoms. The van der Waals surface area contributed by atoms with E-state index < -0.39 is 0 Å². The van der Waals surface area contributed by atoms with Gasteiger partial charge in [0.05, 0.1) is 12.0 Å². The van der Waals surface area contributed by atoms with Crippen LogP contribution in [0.3, 0.4) is 0 Å². The molecule has 0 fully saturated rings. The SMILES string of the molecule is Cc1ccc2cc(-c3ccco3)[nH]c2c1C. The van der Waals surface area contributed by atoms with E-state index in [1.54, 1.807) is 6.26 Å². The van der Waals surface area contributed by atoms with Crippen LogP contribution in [0.15, 0.2) is 41.0 Å². The van der Waals surface area contributed by atoms with Crippen molar-refractivity contribution in [1.29, 1.82) is 0 Å². The van der Waals surface area contributed by atoms with Gasteiger partial charge in [-0.15, -0.1) is 0 Å². The zero-order valence-electron chi connectivity index (χ0n) is 9.37. The van der Waals surface area contributed by atoms with E-state index in [4.69, 9.17) is 4.42 Å². The predicted molar refractivity (Wildman–Crippen MR) is 65.5 cm³/mol. The number of aromatic amines is 1. The Morgan fingerprint density at radius 1 is 1.12 bits per heavy atom. The molecule has 80 valence electrons. The number of hydrogen-bond donors (Lipinski definition) is 1. The van der Waals surface area contributed by atoms with Gasteiger partial charge in [0.1, 0.15) is 5.76 Å². The third-order valence-corrected chi connectivity index (χ3v) is 3.11. The molecule has 0 atom stereocenters. The van der Waals surface area contributed by atoms with E-state index in [1.165, 1.54) is 22.0 Å². The lowest BCUT2D eigenvalue weighted by atomic mass is 10.1. The number of H-pyrrole nitrogens is 1. The second-order valence-electron chi connectivity index (χ2n) is 4.13. The summed E-state index contributed by atoms with van der Waals surface area (Å²) in [5.74, 6) is 0.883. The molecule has 1 N–H and O–H groups in total. The Labute approximate surface area is 93.9 Å². The fourth-order valence-corrected chi connectivity index (χ4v) is 2.01. The van der Waals surface area contributed by atoms with Gasteiger partial charge in [0.2, 0.25) is 0 Å². The fraction of sp³-hybridized carbons (Fsp3) is 0.143. The van der Waals surface area contributed by atoms with E-state index in [1.807, 2.05) is 12.1 Å². The van der Waals surface area contributed by atoms with E-state index in [-0.39, 0.29) is 0 Å². The van der Waals surface area contributed by atoms with E-state index in [2.05, 4.69) is 37.0 Å². The molecule has 0 saturated heterocycles. The molecule has 0 amide bonds. The van der Waals surface area contributed by atoms with E-state index in [0.29, 0.717) is 0 Å². The summed E-state index contributed by atoms with van der Waals surface area (Å²) in [6.45, 7) is 4.27. The molecular formula is C14H13NO. The van der Waals surface area contributed by atoms with Crippen molar-refractivity contribution < 1.29 is 4.42 Å². The molecule has 0 unspecified atom stereocenters. The summed E-state index contributed by atoms with van der Waals surface area (Å²) in [6.07, 6.45) is 1.69. The summed E-state index contributed by atoms with van der Waals surface area (Å²) in [7, 11) is 0. The topological polar surface area (TPSA) is 28.9 Å². The van der Waals surface area contributed by atoms with Gasteiger partial charge in [-0.05, 0) is 43.2 Å². The minimum Gasteiger partial charge on any atom is -0.463 e. The summed E-state index contributed by atoms with van der Waals surface area (Å²) < 4.78 is 5.39. The minimum atomic E-state index is 0.883. The maximum atomic E-state index is 5.39. The first-order chi connectivity index (χ1) is 7.75. The summed E-state index contributed by atoms with van der Waals surface area (Å²) in [5.41, 5.74) is 4.84. The zero-order valence-corrected chi connectivity index (χ0v) is 9.37. The second kappa shape index (κ2) is 3.27. The van der Waals surface area contributed by atoms with Gasteiger partial charge in [-0.1, -0.05) is 12.1 Å². The quantitative estimate of drug-likeness (QED) is 0.646. The molecule has 0 aliphatic heterocycles. The molecular weight excluding hydrogens is 198 g/mol. The van der Waals surface area contributed by atoms with Gasteiger partial charge in [0.25, 0.3) is 0 Å². The van der Waals surface area contributed by atoms with Gasteiger partial charge < -0.3 is 9.40 Å². The number of aryl methyl sites for hydroxylation is 2. The van der Waals surface area contributed by atoms with Crippen LogP contribution in [-0.2, 0) is 0 Å². The lowest BCUT2D eigenvalue weighted by molar-refractivity contribution is 0.580. The normalized spacial score (nSPS) is 11.1. The lowest BCUT2D eigenvalue weighted by Gasteiger charge is -1.99. The molecule has 2 heteroatoms. The number of rotatable bonds is 1. The van der Waals surface area contributed by atoms with Crippen LogP contribution in [0.2, 0.25) is 0 Å². The molecule has 0 spiro atoms. The maximum absolute atomic E-state index is 5.39. The highest BCUT2D eigenvalue weighted by molar-refractivity contribution is 5.88. The van der Waals surface area contributed by atoms with Crippen LogP contribution in [-0.4, -0.2) is 4.98 Å². The number of aromatic nitrogens is 1. The van der Waals surface area contributed by atoms with Crippen molar-refractivity contribution >= 4 is 10.9 Å². The van der Waals surface area contributed by atoms with Gasteiger partial charge in [-0.2, -0.15) is 0 Å². The van der Waals surface area contributed by atoms with Crippen LogP contribution >= 0.6 is 0 Å². The second-order valence-corrected chi connectivity index (χ2v) is 4.13.